The minimum Gasteiger partial charge on any atom is -0.495 e. The fraction of sp³-hybridized carbons (Fsp3) is 0.111. The summed E-state index contributed by atoms with van der Waals surface area (Å²) in [7, 11) is 1.55. The van der Waals surface area contributed by atoms with Gasteiger partial charge in [-0.25, -0.2) is 4.79 Å². The maximum atomic E-state index is 10.2. The highest BCUT2D eigenvalue weighted by Gasteiger charge is 1.92. The van der Waals surface area contributed by atoms with E-state index in [4.69, 9.17) is 9.84 Å². The topological polar surface area (TPSA) is 59.4 Å². The van der Waals surface area contributed by atoms with E-state index in [1.807, 2.05) is 0 Å². The number of hydrogen-bond donors (Lipinski definition) is 1. The van der Waals surface area contributed by atoms with E-state index in [2.05, 4.69) is 4.98 Å². The summed E-state index contributed by atoms with van der Waals surface area (Å²) in [6.45, 7) is 0. The predicted octanol–water partition coefficient (Wildman–Crippen LogP) is 1.61. The van der Waals surface area contributed by atoms with Crippen LogP contribution in [0.25, 0.3) is 6.08 Å². The maximum Gasteiger partial charge on any atom is 0.328 e. The second-order valence-corrected chi connectivity index (χ2v) is 2.29. The number of aliphatic carboxylic acids is 1. The van der Waals surface area contributed by atoms with Gasteiger partial charge in [-0.15, -0.1) is 12.4 Å². The zero-order valence-corrected chi connectivity index (χ0v) is 8.32. The highest BCUT2D eigenvalue weighted by Crippen LogP contribution is 2.08. The fourth-order valence-corrected chi connectivity index (χ4v) is 0.768. The molecule has 5 heteroatoms. The van der Waals surface area contributed by atoms with Crippen LogP contribution < -0.4 is 4.74 Å². The van der Waals surface area contributed by atoms with Crippen LogP contribution in [0.2, 0.25) is 0 Å². The number of carbonyl (C=O) groups is 1. The Labute approximate surface area is 87.6 Å². The van der Waals surface area contributed by atoms with E-state index in [0.717, 1.165) is 6.08 Å². The zero-order valence-electron chi connectivity index (χ0n) is 7.51. The quantitative estimate of drug-likeness (QED) is 0.779. The summed E-state index contributed by atoms with van der Waals surface area (Å²) in [4.78, 5) is 14.1. The molecule has 0 aliphatic carbocycles. The SMILES string of the molecule is COc1ccc(/C=C/C(=O)O)nc1.Cl. The zero-order chi connectivity index (χ0) is 9.68. The Balaban J connectivity index is 0.00000169. The highest BCUT2D eigenvalue weighted by molar-refractivity contribution is 5.85. The molecule has 1 rings (SSSR count). The average Bonchev–Trinajstić information content (AvgIpc) is 2.15. The van der Waals surface area contributed by atoms with Crippen LogP contribution in [0, 0.1) is 0 Å². The van der Waals surface area contributed by atoms with E-state index in [1.54, 1.807) is 19.2 Å². The van der Waals surface area contributed by atoms with Crippen molar-refractivity contribution in [3.8, 4) is 5.75 Å². The van der Waals surface area contributed by atoms with Crippen molar-refractivity contribution in [3.05, 3.63) is 30.1 Å². The second-order valence-electron chi connectivity index (χ2n) is 2.29. The highest BCUT2D eigenvalue weighted by atomic mass is 35.5. The van der Waals surface area contributed by atoms with E-state index < -0.39 is 5.97 Å². The second kappa shape index (κ2) is 5.99. The Kier molecular flexibility index (Phi) is 5.33. The molecule has 1 N–H and O–H groups in total. The number of hydrogen-bond acceptors (Lipinski definition) is 3. The van der Waals surface area contributed by atoms with Crippen LogP contribution in [0.5, 0.6) is 5.75 Å². The molecule has 0 saturated heterocycles. The Morgan fingerprint density at radius 2 is 2.29 bits per heavy atom. The fourth-order valence-electron chi connectivity index (χ4n) is 0.768. The van der Waals surface area contributed by atoms with E-state index >= 15 is 0 Å². The minimum absolute atomic E-state index is 0. The van der Waals surface area contributed by atoms with E-state index in [0.29, 0.717) is 11.4 Å². The summed E-state index contributed by atoms with van der Waals surface area (Å²) >= 11 is 0. The molecule has 4 nitrogen and oxygen atoms in total. The normalized spacial score (nSPS) is 9.50. The molecule has 14 heavy (non-hydrogen) atoms. The molecule has 0 bridgehead atoms. The number of methoxy groups -OCH3 is 1. The van der Waals surface area contributed by atoms with Gasteiger partial charge in [0.05, 0.1) is 19.0 Å². The van der Waals surface area contributed by atoms with Gasteiger partial charge in [0.2, 0.25) is 0 Å². The molecule has 1 heterocycles. The van der Waals surface area contributed by atoms with E-state index in [9.17, 15) is 4.79 Å². The Hall–Kier alpha value is -1.55. The average molecular weight is 216 g/mol. The first-order chi connectivity index (χ1) is 6.22. The molecule has 1 aromatic heterocycles. The van der Waals surface area contributed by atoms with Crippen molar-refractivity contribution in [2.24, 2.45) is 0 Å². The molecule has 0 saturated carbocycles. The number of rotatable bonds is 3. The van der Waals surface area contributed by atoms with Crippen molar-refractivity contribution in [1.82, 2.24) is 4.98 Å². The van der Waals surface area contributed by atoms with Crippen LogP contribution in [0.4, 0.5) is 0 Å². The minimum atomic E-state index is -0.988. The third kappa shape index (κ3) is 3.91. The predicted molar refractivity (Wildman–Crippen MR) is 54.7 cm³/mol. The lowest BCUT2D eigenvalue weighted by atomic mass is 10.3. The maximum absolute atomic E-state index is 10.2. The molecule has 0 aromatic carbocycles. The van der Waals surface area contributed by atoms with Crippen molar-refractivity contribution in [2.45, 2.75) is 0 Å². The van der Waals surface area contributed by atoms with Gasteiger partial charge in [-0.05, 0) is 18.2 Å². The Bertz CT molecular complexity index is 321. The van der Waals surface area contributed by atoms with Crippen molar-refractivity contribution in [2.75, 3.05) is 7.11 Å². The van der Waals surface area contributed by atoms with Gasteiger partial charge < -0.3 is 9.84 Å². The van der Waals surface area contributed by atoms with Crippen molar-refractivity contribution in [1.29, 1.82) is 0 Å². The number of ether oxygens (including phenoxy) is 1. The molecule has 0 amide bonds. The molecule has 0 atom stereocenters. The Morgan fingerprint density at radius 3 is 2.71 bits per heavy atom. The first kappa shape index (κ1) is 12.4. The third-order valence-electron chi connectivity index (χ3n) is 1.39. The van der Waals surface area contributed by atoms with Crippen LogP contribution in [0.1, 0.15) is 5.69 Å². The number of pyridine rings is 1. The molecular weight excluding hydrogens is 206 g/mol. The smallest absolute Gasteiger partial charge is 0.328 e. The van der Waals surface area contributed by atoms with Crippen LogP contribution in [-0.2, 0) is 4.79 Å². The van der Waals surface area contributed by atoms with Gasteiger partial charge in [0, 0.05) is 6.08 Å². The first-order valence-corrected chi connectivity index (χ1v) is 3.63. The molecule has 0 radical (unpaired) electrons. The molecule has 1 aromatic rings. The largest absolute Gasteiger partial charge is 0.495 e. The van der Waals surface area contributed by atoms with Gasteiger partial charge in [-0.2, -0.15) is 0 Å². The summed E-state index contributed by atoms with van der Waals surface area (Å²) in [6.07, 6.45) is 3.98. The standard InChI is InChI=1S/C9H9NO3.ClH/c1-13-8-4-2-7(10-6-8)3-5-9(11)12;/h2-6H,1H3,(H,11,12);1H/b5-3+;. The summed E-state index contributed by atoms with van der Waals surface area (Å²) in [5, 5.41) is 8.34. The monoisotopic (exact) mass is 215 g/mol. The summed E-state index contributed by atoms with van der Waals surface area (Å²) in [6, 6.07) is 3.40. The van der Waals surface area contributed by atoms with Crippen LogP contribution in [-0.4, -0.2) is 23.2 Å². The number of aromatic nitrogens is 1. The lowest BCUT2D eigenvalue weighted by molar-refractivity contribution is -0.131. The molecule has 0 aliphatic heterocycles. The third-order valence-corrected chi connectivity index (χ3v) is 1.39. The van der Waals surface area contributed by atoms with Gasteiger partial charge in [-0.1, -0.05) is 0 Å². The van der Waals surface area contributed by atoms with Crippen molar-refractivity contribution >= 4 is 24.5 Å². The number of carboxylic acid groups (broad SMARTS) is 1. The first-order valence-electron chi connectivity index (χ1n) is 3.63. The lowest BCUT2D eigenvalue weighted by Crippen LogP contribution is -1.88. The lowest BCUT2D eigenvalue weighted by Gasteiger charge is -1.97. The molecule has 0 unspecified atom stereocenters. The summed E-state index contributed by atoms with van der Waals surface area (Å²) < 4.78 is 4.89. The van der Waals surface area contributed by atoms with Crippen molar-refractivity contribution < 1.29 is 14.6 Å². The summed E-state index contributed by atoms with van der Waals surface area (Å²) in [5.41, 5.74) is 0.586. The molecular formula is C9H10ClNO3. The number of carboxylic acids is 1. The van der Waals surface area contributed by atoms with Crippen molar-refractivity contribution in [3.63, 3.8) is 0 Å². The van der Waals surface area contributed by atoms with Gasteiger partial charge in [0.1, 0.15) is 5.75 Å². The Morgan fingerprint density at radius 1 is 1.57 bits per heavy atom. The molecule has 0 aliphatic rings. The summed E-state index contributed by atoms with van der Waals surface area (Å²) in [5.74, 6) is -0.343. The van der Waals surface area contributed by atoms with E-state index in [-0.39, 0.29) is 12.4 Å². The van der Waals surface area contributed by atoms with Gasteiger partial charge in [0.15, 0.2) is 0 Å². The van der Waals surface area contributed by atoms with Gasteiger partial charge >= 0.3 is 5.97 Å². The van der Waals surface area contributed by atoms with Gasteiger partial charge in [-0.3, -0.25) is 4.98 Å². The molecule has 0 fully saturated rings. The number of nitrogens with zero attached hydrogens (tertiary/aromatic N) is 1. The van der Waals surface area contributed by atoms with Crippen LogP contribution >= 0.6 is 12.4 Å². The van der Waals surface area contributed by atoms with E-state index in [1.165, 1.54) is 12.3 Å². The van der Waals surface area contributed by atoms with Crippen LogP contribution in [0.15, 0.2) is 24.4 Å². The van der Waals surface area contributed by atoms with Gasteiger partial charge in [0.25, 0.3) is 0 Å². The molecule has 0 spiro atoms. The number of halogens is 1. The molecule has 76 valence electrons. The van der Waals surface area contributed by atoms with Crippen LogP contribution in [0.3, 0.4) is 0 Å².